The number of rotatable bonds is 12. The minimum atomic E-state index is -5.42. The first kappa shape index (κ1) is 29.7. The third-order valence-electron chi connectivity index (χ3n) is 4.88. The second-order valence-corrected chi connectivity index (χ2v) is 7.96. The third kappa shape index (κ3) is 10.2. The standard InChI is InChI=1S/C23H24F3N5O7/c1-14-7-9-28-18(10-14)27-8-3-6-19(32)29-13-20(33)30-17(12-21(34)38-22(35)23(24,25)26)15-4-2-5-16(11-15)31(36)37/h2,4-5,7,9-11,17H,3,6,8,12-13H2,1H3,(H,27,28)(H,29,32)(H,30,33)/t17-/m0/s1. The molecule has 1 heterocycles. The van der Waals surface area contributed by atoms with Crippen LogP contribution < -0.4 is 16.0 Å². The number of anilines is 1. The molecule has 15 heteroatoms. The summed E-state index contributed by atoms with van der Waals surface area (Å²) in [4.78, 5) is 61.7. The van der Waals surface area contributed by atoms with Crippen LogP contribution in [-0.4, -0.2) is 52.9 Å². The molecule has 38 heavy (non-hydrogen) atoms. The number of nitro groups is 1. The molecule has 1 aromatic heterocycles. The largest absolute Gasteiger partial charge is 0.491 e. The van der Waals surface area contributed by atoms with Gasteiger partial charge in [-0.2, -0.15) is 13.2 Å². The van der Waals surface area contributed by atoms with Crippen LogP contribution in [0.3, 0.4) is 0 Å². The van der Waals surface area contributed by atoms with E-state index in [0.717, 1.165) is 17.7 Å². The summed E-state index contributed by atoms with van der Waals surface area (Å²) in [6.07, 6.45) is -4.25. The maximum atomic E-state index is 12.4. The average molecular weight is 539 g/mol. The number of pyridine rings is 1. The quantitative estimate of drug-likeness (QED) is 0.121. The van der Waals surface area contributed by atoms with Crippen molar-refractivity contribution in [3.63, 3.8) is 0 Å². The predicted octanol–water partition coefficient (Wildman–Crippen LogP) is 2.49. The highest BCUT2D eigenvalue weighted by Crippen LogP contribution is 2.23. The van der Waals surface area contributed by atoms with Gasteiger partial charge in [0.15, 0.2) is 0 Å². The molecular formula is C23H24F3N5O7. The molecule has 0 aliphatic rings. The fourth-order valence-electron chi connectivity index (χ4n) is 3.09. The number of non-ortho nitro benzene ring substituents is 1. The van der Waals surface area contributed by atoms with Crippen LogP contribution in [0.5, 0.6) is 0 Å². The monoisotopic (exact) mass is 539 g/mol. The molecule has 204 valence electrons. The Morgan fingerprint density at radius 2 is 1.87 bits per heavy atom. The lowest BCUT2D eigenvalue weighted by Crippen LogP contribution is -2.39. The number of halogens is 3. The van der Waals surface area contributed by atoms with Crippen molar-refractivity contribution in [3.05, 3.63) is 63.8 Å². The van der Waals surface area contributed by atoms with Crippen LogP contribution in [0.2, 0.25) is 0 Å². The number of alkyl halides is 3. The Labute approximate surface area is 214 Å². The lowest BCUT2D eigenvalue weighted by molar-refractivity contribution is -0.384. The Balaban J connectivity index is 1.92. The van der Waals surface area contributed by atoms with Gasteiger partial charge in [0.25, 0.3) is 5.69 Å². The molecule has 0 bridgehead atoms. The number of benzene rings is 1. The maximum Gasteiger partial charge on any atom is 0.491 e. The number of nitrogens with one attached hydrogen (secondary N) is 3. The Morgan fingerprint density at radius 3 is 2.53 bits per heavy atom. The van der Waals surface area contributed by atoms with E-state index in [1.165, 1.54) is 12.1 Å². The number of carbonyl (C=O) groups excluding carboxylic acids is 4. The molecule has 2 rings (SSSR count). The van der Waals surface area contributed by atoms with E-state index in [0.29, 0.717) is 18.8 Å². The van der Waals surface area contributed by atoms with Gasteiger partial charge in [-0.25, -0.2) is 9.78 Å². The van der Waals surface area contributed by atoms with Crippen molar-refractivity contribution < 1.29 is 42.0 Å². The molecule has 2 amide bonds. The fourth-order valence-corrected chi connectivity index (χ4v) is 3.09. The van der Waals surface area contributed by atoms with Gasteiger partial charge in [0.05, 0.1) is 23.9 Å². The van der Waals surface area contributed by atoms with Crippen LogP contribution in [0, 0.1) is 17.0 Å². The van der Waals surface area contributed by atoms with Crippen molar-refractivity contribution >= 4 is 35.3 Å². The lowest BCUT2D eigenvalue weighted by Gasteiger charge is -2.19. The summed E-state index contributed by atoms with van der Waals surface area (Å²) >= 11 is 0. The average Bonchev–Trinajstić information content (AvgIpc) is 2.84. The van der Waals surface area contributed by atoms with Gasteiger partial charge in [-0.3, -0.25) is 24.5 Å². The Kier molecular flexibility index (Phi) is 10.7. The van der Waals surface area contributed by atoms with E-state index in [1.807, 2.05) is 19.1 Å². The Hall–Kier alpha value is -4.56. The number of aryl methyl sites for hydroxylation is 1. The molecule has 2 aromatic rings. The van der Waals surface area contributed by atoms with Crippen molar-refractivity contribution in [2.45, 2.75) is 38.4 Å². The molecule has 0 unspecified atom stereocenters. The second kappa shape index (κ2) is 13.7. The van der Waals surface area contributed by atoms with Gasteiger partial charge in [0, 0.05) is 31.3 Å². The molecule has 3 N–H and O–H groups in total. The number of ether oxygens (including phenoxy) is 1. The summed E-state index contributed by atoms with van der Waals surface area (Å²) in [5, 5.41) is 18.8. The molecule has 0 spiro atoms. The van der Waals surface area contributed by atoms with E-state index >= 15 is 0 Å². The van der Waals surface area contributed by atoms with Crippen LogP contribution in [0.4, 0.5) is 24.7 Å². The van der Waals surface area contributed by atoms with E-state index in [1.54, 1.807) is 6.20 Å². The number of aromatic nitrogens is 1. The summed E-state index contributed by atoms with van der Waals surface area (Å²) in [5.74, 6) is -5.03. The Bertz CT molecular complexity index is 1190. The zero-order valence-electron chi connectivity index (χ0n) is 20.0. The highest BCUT2D eigenvalue weighted by Gasteiger charge is 2.42. The van der Waals surface area contributed by atoms with E-state index < -0.39 is 59.5 Å². The van der Waals surface area contributed by atoms with Gasteiger partial charge < -0.3 is 20.7 Å². The van der Waals surface area contributed by atoms with Crippen molar-refractivity contribution in [1.29, 1.82) is 0 Å². The molecule has 0 saturated heterocycles. The Morgan fingerprint density at radius 1 is 1.13 bits per heavy atom. The third-order valence-corrected chi connectivity index (χ3v) is 4.88. The number of esters is 2. The summed E-state index contributed by atoms with van der Waals surface area (Å²) in [6, 6.07) is 6.91. The number of nitro benzene ring substituents is 1. The number of nitrogens with zero attached hydrogens (tertiary/aromatic N) is 2. The van der Waals surface area contributed by atoms with Gasteiger partial charge in [0.2, 0.25) is 11.8 Å². The van der Waals surface area contributed by atoms with Gasteiger partial charge in [-0.05, 0) is 36.6 Å². The number of amides is 2. The van der Waals surface area contributed by atoms with Crippen molar-refractivity contribution in [2.24, 2.45) is 0 Å². The number of hydrogen-bond acceptors (Lipinski definition) is 9. The molecule has 0 saturated carbocycles. The summed E-state index contributed by atoms with van der Waals surface area (Å²) in [6.45, 7) is 1.79. The van der Waals surface area contributed by atoms with Crippen LogP contribution in [0.25, 0.3) is 0 Å². The highest BCUT2D eigenvalue weighted by molar-refractivity contribution is 5.89. The van der Waals surface area contributed by atoms with Crippen molar-refractivity contribution in [2.75, 3.05) is 18.4 Å². The van der Waals surface area contributed by atoms with Crippen LogP contribution in [-0.2, 0) is 23.9 Å². The molecular weight excluding hydrogens is 515 g/mol. The minimum Gasteiger partial charge on any atom is -0.386 e. The summed E-state index contributed by atoms with van der Waals surface area (Å²) in [5.41, 5.74) is 0.588. The van der Waals surface area contributed by atoms with Gasteiger partial charge in [0.1, 0.15) is 5.82 Å². The number of carbonyl (C=O) groups is 4. The first-order valence-electron chi connectivity index (χ1n) is 11.1. The molecule has 12 nitrogen and oxygen atoms in total. The van der Waals surface area contributed by atoms with E-state index in [2.05, 4.69) is 25.7 Å². The predicted molar refractivity (Wildman–Crippen MR) is 125 cm³/mol. The van der Waals surface area contributed by atoms with Gasteiger partial charge >= 0.3 is 18.1 Å². The molecule has 0 aliphatic heterocycles. The van der Waals surface area contributed by atoms with Gasteiger partial charge in [-0.15, -0.1) is 0 Å². The molecule has 1 aromatic carbocycles. The normalized spacial score (nSPS) is 11.7. The van der Waals surface area contributed by atoms with Crippen LogP contribution in [0.1, 0.15) is 36.4 Å². The zero-order chi connectivity index (χ0) is 28.3. The van der Waals surface area contributed by atoms with E-state index in [9.17, 15) is 42.5 Å². The highest BCUT2D eigenvalue weighted by atomic mass is 19.4. The molecule has 1 atom stereocenters. The lowest BCUT2D eigenvalue weighted by atomic mass is 10.0. The van der Waals surface area contributed by atoms with Crippen LogP contribution >= 0.6 is 0 Å². The fraction of sp³-hybridized carbons (Fsp3) is 0.348. The first-order chi connectivity index (χ1) is 17.8. The van der Waals surface area contributed by atoms with Crippen molar-refractivity contribution in [3.8, 4) is 0 Å². The summed E-state index contributed by atoms with van der Waals surface area (Å²) in [7, 11) is 0. The van der Waals surface area contributed by atoms with Gasteiger partial charge in [-0.1, -0.05) is 12.1 Å². The van der Waals surface area contributed by atoms with Crippen LogP contribution in [0.15, 0.2) is 42.6 Å². The second-order valence-electron chi connectivity index (χ2n) is 7.96. The summed E-state index contributed by atoms with van der Waals surface area (Å²) < 4.78 is 40.9. The SMILES string of the molecule is Cc1ccnc(NCCCC(=O)NCC(=O)N[C@@H](CC(=O)OC(=O)C(F)(F)F)c2cccc([N+](=O)[O-])c2)c1. The van der Waals surface area contributed by atoms with Crippen molar-refractivity contribution in [1.82, 2.24) is 15.6 Å². The van der Waals surface area contributed by atoms with E-state index in [-0.39, 0.29) is 12.0 Å². The molecule has 0 aliphatic carbocycles. The van der Waals surface area contributed by atoms with E-state index in [4.69, 9.17) is 0 Å². The minimum absolute atomic E-state index is 0.00823. The maximum absolute atomic E-state index is 12.4. The first-order valence-corrected chi connectivity index (χ1v) is 11.1. The topological polar surface area (TPSA) is 170 Å². The smallest absolute Gasteiger partial charge is 0.386 e. The zero-order valence-corrected chi connectivity index (χ0v) is 20.0. The number of hydrogen-bond donors (Lipinski definition) is 3. The molecule has 0 radical (unpaired) electrons. The molecule has 0 fully saturated rings.